The fourth-order valence-corrected chi connectivity index (χ4v) is 3.33. The molecule has 2 aromatic heterocycles. The lowest BCUT2D eigenvalue weighted by atomic mass is 10.2. The number of amides is 1. The van der Waals surface area contributed by atoms with Crippen LogP contribution in [-0.2, 0) is 6.18 Å². The second-order valence-corrected chi connectivity index (χ2v) is 6.47. The Morgan fingerprint density at radius 3 is 2.58 bits per heavy atom. The second kappa shape index (κ2) is 7.38. The van der Waals surface area contributed by atoms with Crippen molar-refractivity contribution in [1.29, 1.82) is 0 Å². The third kappa shape index (κ3) is 3.80. The molecule has 0 fully saturated rings. The van der Waals surface area contributed by atoms with Gasteiger partial charge in [-0.05, 0) is 32.4 Å². The lowest BCUT2D eigenvalue weighted by Crippen LogP contribution is -2.31. The predicted molar refractivity (Wildman–Crippen MR) is 86.0 cm³/mol. The second-order valence-electron chi connectivity index (χ2n) is 5.39. The van der Waals surface area contributed by atoms with E-state index >= 15 is 0 Å². The lowest BCUT2D eigenvalue weighted by molar-refractivity contribution is -0.156. The number of hydrogen-bond donors (Lipinski definition) is 0. The van der Waals surface area contributed by atoms with Gasteiger partial charge in [-0.25, -0.2) is 0 Å². The third-order valence-corrected chi connectivity index (χ3v) is 4.76. The molecule has 0 aromatic carbocycles. The minimum atomic E-state index is -4.58. The number of carbonyl (C=O) groups excluding carboxylic acids is 1. The van der Waals surface area contributed by atoms with Crippen molar-refractivity contribution in [3.8, 4) is 10.6 Å². The van der Waals surface area contributed by atoms with Crippen LogP contribution in [0.2, 0.25) is 0 Å². The normalized spacial score (nSPS) is 11.8. The molecule has 0 saturated heterocycles. The number of hydrogen-bond acceptors (Lipinski definition) is 4. The van der Waals surface area contributed by atoms with E-state index in [2.05, 4.69) is 9.68 Å². The molecule has 0 unspecified atom stereocenters. The molecule has 0 N–H and O–H groups in total. The SMILES string of the molecule is CCCCN(CC)C(=O)c1ccc(-c2noc(C(F)(F)F)c2C)s1. The number of nitrogens with zero attached hydrogens (tertiary/aromatic N) is 2. The summed E-state index contributed by atoms with van der Waals surface area (Å²) in [4.78, 5) is 15.2. The van der Waals surface area contributed by atoms with Crippen LogP contribution in [0.1, 0.15) is 47.7 Å². The number of unbranched alkanes of at least 4 members (excludes halogenated alkanes) is 1. The molecule has 2 heterocycles. The highest BCUT2D eigenvalue weighted by Gasteiger charge is 2.39. The lowest BCUT2D eigenvalue weighted by Gasteiger charge is -2.19. The molecular weight excluding hydrogens is 341 g/mol. The van der Waals surface area contributed by atoms with Crippen molar-refractivity contribution in [1.82, 2.24) is 10.1 Å². The van der Waals surface area contributed by atoms with Gasteiger partial charge in [0.25, 0.3) is 5.91 Å². The largest absolute Gasteiger partial charge is 0.452 e. The van der Waals surface area contributed by atoms with Crippen molar-refractivity contribution in [2.24, 2.45) is 0 Å². The third-order valence-electron chi connectivity index (χ3n) is 3.68. The van der Waals surface area contributed by atoms with Crippen LogP contribution in [0.5, 0.6) is 0 Å². The van der Waals surface area contributed by atoms with Gasteiger partial charge in [-0.3, -0.25) is 4.79 Å². The zero-order chi connectivity index (χ0) is 17.9. The maximum Gasteiger partial charge on any atom is 0.452 e. The van der Waals surface area contributed by atoms with Crippen LogP contribution in [0.3, 0.4) is 0 Å². The van der Waals surface area contributed by atoms with Gasteiger partial charge in [0.1, 0.15) is 5.69 Å². The molecule has 0 aliphatic carbocycles. The highest BCUT2D eigenvalue weighted by Crippen LogP contribution is 2.38. The van der Waals surface area contributed by atoms with Gasteiger partial charge in [0.05, 0.1) is 9.75 Å². The van der Waals surface area contributed by atoms with Crippen LogP contribution in [0.15, 0.2) is 16.7 Å². The van der Waals surface area contributed by atoms with E-state index in [1.54, 1.807) is 17.0 Å². The van der Waals surface area contributed by atoms with Gasteiger partial charge in [0, 0.05) is 18.7 Å². The van der Waals surface area contributed by atoms with Gasteiger partial charge in [-0.1, -0.05) is 18.5 Å². The van der Waals surface area contributed by atoms with E-state index in [-0.39, 0.29) is 17.2 Å². The maximum atomic E-state index is 12.8. The number of rotatable bonds is 6. The molecule has 2 rings (SSSR count). The molecule has 1 amide bonds. The number of halogens is 3. The zero-order valence-corrected chi connectivity index (χ0v) is 14.6. The Morgan fingerprint density at radius 2 is 2.04 bits per heavy atom. The molecule has 132 valence electrons. The highest BCUT2D eigenvalue weighted by molar-refractivity contribution is 7.17. The van der Waals surface area contributed by atoms with E-state index in [0.717, 1.165) is 24.2 Å². The van der Waals surface area contributed by atoms with Gasteiger partial charge in [-0.2, -0.15) is 13.2 Å². The van der Waals surface area contributed by atoms with Gasteiger partial charge in [0.2, 0.25) is 5.76 Å². The Balaban J connectivity index is 2.25. The average molecular weight is 360 g/mol. The summed E-state index contributed by atoms with van der Waals surface area (Å²) in [6.07, 6.45) is -2.68. The number of alkyl halides is 3. The zero-order valence-electron chi connectivity index (χ0n) is 13.7. The summed E-state index contributed by atoms with van der Waals surface area (Å²) in [6.45, 7) is 6.52. The summed E-state index contributed by atoms with van der Waals surface area (Å²) in [5.41, 5.74) is 0.0599. The van der Waals surface area contributed by atoms with E-state index in [4.69, 9.17) is 0 Å². The van der Waals surface area contributed by atoms with Crippen LogP contribution >= 0.6 is 11.3 Å². The number of carbonyl (C=O) groups is 1. The fraction of sp³-hybridized carbons (Fsp3) is 0.500. The molecule has 24 heavy (non-hydrogen) atoms. The minimum absolute atomic E-state index is 0.0679. The van der Waals surface area contributed by atoms with Gasteiger partial charge >= 0.3 is 6.18 Å². The Hall–Kier alpha value is -1.83. The van der Waals surface area contributed by atoms with Gasteiger partial charge in [-0.15, -0.1) is 11.3 Å². The summed E-state index contributed by atoms with van der Waals surface area (Å²) in [5.74, 6) is -1.21. The minimum Gasteiger partial charge on any atom is -0.351 e. The first-order valence-corrected chi connectivity index (χ1v) is 8.54. The van der Waals surface area contributed by atoms with Crippen molar-refractivity contribution in [2.75, 3.05) is 13.1 Å². The monoisotopic (exact) mass is 360 g/mol. The number of aromatic nitrogens is 1. The van der Waals surface area contributed by atoms with Gasteiger partial charge < -0.3 is 9.42 Å². The molecule has 0 spiro atoms. The summed E-state index contributed by atoms with van der Waals surface area (Å²) >= 11 is 1.13. The Kier molecular flexibility index (Phi) is 5.69. The topological polar surface area (TPSA) is 46.3 Å². The molecule has 8 heteroatoms. The molecule has 0 aliphatic rings. The van der Waals surface area contributed by atoms with E-state index in [9.17, 15) is 18.0 Å². The van der Waals surface area contributed by atoms with Crippen molar-refractivity contribution in [2.45, 2.75) is 39.8 Å². The van der Waals surface area contributed by atoms with Crippen LogP contribution in [0.4, 0.5) is 13.2 Å². The van der Waals surface area contributed by atoms with Crippen LogP contribution in [0.25, 0.3) is 10.6 Å². The molecule has 0 aliphatic heterocycles. The molecule has 0 bridgehead atoms. The summed E-state index contributed by atoms with van der Waals surface area (Å²) < 4.78 is 42.8. The van der Waals surface area contributed by atoms with E-state index in [0.29, 0.717) is 22.8 Å². The first-order valence-electron chi connectivity index (χ1n) is 7.72. The first-order chi connectivity index (χ1) is 11.3. The van der Waals surface area contributed by atoms with Crippen molar-refractivity contribution in [3.05, 3.63) is 28.3 Å². The van der Waals surface area contributed by atoms with E-state index in [1.807, 2.05) is 13.8 Å². The average Bonchev–Trinajstić information content (AvgIpc) is 3.13. The van der Waals surface area contributed by atoms with Crippen molar-refractivity contribution >= 4 is 17.2 Å². The van der Waals surface area contributed by atoms with Gasteiger partial charge in [0.15, 0.2) is 0 Å². The molecule has 4 nitrogen and oxygen atoms in total. The molecule has 0 atom stereocenters. The van der Waals surface area contributed by atoms with E-state index in [1.165, 1.54) is 6.92 Å². The molecule has 2 aromatic rings. The summed E-state index contributed by atoms with van der Waals surface area (Å²) in [7, 11) is 0. The Morgan fingerprint density at radius 1 is 1.33 bits per heavy atom. The van der Waals surface area contributed by atoms with Crippen molar-refractivity contribution in [3.63, 3.8) is 0 Å². The number of thiophene rings is 1. The van der Waals surface area contributed by atoms with E-state index < -0.39 is 11.9 Å². The van der Waals surface area contributed by atoms with Crippen LogP contribution in [0, 0.1) is 6.92 Å². The fourth-order valence-electron chi connectivity index (χ4n) is 2.32. The molecule has 0 radical (unpaired) electrons. The van der Waals surface area contributed by atoms with Crippen molar-refractivity contribution < 1.29 is 22.5 Å². The quantitative estimate of drug-likeness (QED) is 0.729. The standard InChI is InChI=1S/C16H19F3N2O2S/c1-4-6-9-21(5-2)15(22)12-8-7-11(24-12)13-10(3)14(23-20-13)16(17,18)19/h7-8H,4-6,9H2,1-3H3. The molecule has 0 saturated carbocycles. The predicted octanol–water partition coefficient (Wildman–Crippen LogP) is 4.99. The summed E-state index contributed by atoms with van der Waals surface area (Å²) in [6, 6.07) is 3.23. The van der Waals surface area contributed by atoms with Crippen LogP contribution in [-0.4, -0.2) is 29.1 Å². The Bertz CT molecular complexity index is 706. The van der Waals surface area contributed by atoms with Crippen LogP contribution < -0.4 is 0 Å². The highest BCUT2D eigenvalue weighted by atomic mass is 32.1. The smallest absolute Gasteiger partial charge is 0.351 e. The Labute approximate surface area is 142 Å². The summed E-state index contributed by atoms with van der Waals surface area (Å²) in [5, 5.41) is 3.53. The molecular formula is C16H19F3N2O2S. The first kappa shape index (κ1) is 18.5. The maximum absolute atomic E-state index is 12.8.